The summed E-state index contributed by atoms with van der Waals surface area (Å²) >= 11 is 6.16. The molecule has 8 heteroatoms. The number of likely N-dealkylation sites (N-methyl/N-ethyl adjacent to an activating group) is 1. The van der Waals surface area contributed by atoms with Gasteiger partial charge in [-0.05, 0) is 30.2 Å². The highest BCUT2D eigenvalue weighted by molar-refractivity contribution is 6.30. The van der Waals surface area contributed by atoms with Crippen LogP contribution in [0.5, 0.6) is 0 Å². The number of hydrogen-bond donors (Lipinski definition) is 1. The highest BCUT2D eigenvalue weighted by atomic mass is 35.5. The number of para-hydroxylation sites is 1. The summed E-state index contributed by atoms with van der Waals surface area (Å²) in [6.07, 6.45) is 0.0955. The molecule has 0 aliphatic rings. The molecular weight excluding hydrogens is 454 g/mol. The van der Waals surface area contributed by atoms with Crippen LogP contribution in [0.3, 0.4) is 0 Å². The van der Waals surface area contributed by atoms with Crippen LogP contribution >= 0.6 is 11.6 Å². The maximum Gasteiger partial charge on any atom is 0.273 e. The van der Waals surface area contributed by atoms with Crippen LogP contribution in [0.4, 0.5) is 5.69 Å². The second-order valence-corrected chi connectivity index (χ2v) is 8.25. The van der Waals surface area contributed by atoms with E-state index in [2.05, 4.69) is 5.32 Å². The summed E-state index contributed by atoms with van der Waals surface area (Å²) in [5.41, 5.74) is 1.82. The minimum absolute atomic E-state index is 0.129. The van der Waals surface area contributed by atoms with Gasteiger partial charge in [-0.25, -0.2) is 0 Å². The number of nitrogens with one attached hydrogen (secondary N) is 1. The van der Waals surface area contributed by atoms with Crippen LogP contribution in [0.25, 0.3) is 0 Å². The van der Waals surface area contributed by atoms with Crippen molar-refractivity contribution in [1.82, 2.24) is 10.2 Å². The quantitative estimate of drug-likeness (QED) is 0.340. The van der Waals surface area contributed by atoms with E-state index in [1.165, 1.54) is 11.0 Å². The number of hydrogen-bond acceptors (Lipinski definition) is 4. The molecule has 3 rings (SSSR count). The molecule has 0 saturated carbocycles. The third-order valence-corrected chi connectivity index (χ3v) is 5.63. The molecule has 34 heavy (non-hydrogen) atoms. The molecule has 176 valence electrons. The van der Waals surface area contributed by atoms with E-state index in [4.69, 9.17) is 11.6 Å². The van der Waals surface area contributed by atoms with Crippen LogP contribution in [0.2, 0.25) is 5.02 Å². The number of nitrogens with zero attached hydrogens (tertiary/aromatic N) is 2. The van der Waals surface area contributed by atoms with Crippen molar-refractivity contribution in [2.45, 2.75) is 32.4 Å². The first-order valence-electron chi connectivity index (χ1n) is 11.0. The van der Waals surface area contributed by atoms with E-state index < -0.39 is 11.0 Å². The molecule has 0 aliphatic heterocycles. The Bertz CT molecular complexity index is 1150. The van der Waals surface area contributed by atoms with Gasteiger partial charge < -0.3 is 10.2 Å². The zero-order chi connectivity index (χ0) is 24.5. The number of nitro benzene ring substituents is 1. The summed E-state index contributed by atoms with van der Waals surface area (Å²) < 4.78 is 0. The van der Waals surface area contributed by atoms with Gasteiger partial charge in [0.25, 0.3) is 5.69 Å². The summed E-state index contributed by atoms with van der Waals surface area (Å²) in [4.78, 5) is 39.2. The zero-order valence-corrected chi connectivity index (χ0v) is 19.6. The molecule has 1 N–H and O–H groups in total. The highest BCUT2D eigenvalue weighted by Crippen LogP contribution is 2.22. The maximum atomic E-state index is 13.6. The molecule has 0 aliphatic carbocycles. The lowest BCUT2D eigenvalue weighted by Gasteiger charge is -2.31. The Morgan fingerprint density at radius 3 is 2.35 bits per heavy atom. The van der Waals surface area contributed by atoms with E-state index >= 15 is 0 Å². The van der Waals surface area contributed by atoms with Crippen molar-refractivity contribution >= 4 is 29.1 Å². The molecule has 0 heterocycles. The van der Waals surface area contributed by atoms with Crippen LogP contribution in [0.15, 0.2) is 78.9 Å². The lowest BCUT2D eigenvalue weighted by atomic mass is 10.0. The van der Waals surface area contributed by atoms with E-state index in [9.17, 15) is 19.7 Å². The summed E-state index contributed by atoms with van der Waals surface area (Å²) in [6, 6.07) is 21.8. The number of amides is 2. The lowest BCUT2D eigenvalue weighted by Crippen LogP contribution is -2.51. The number of halogens is 1. The minimum atomic E-state index is -0.809. The predicted octanol–water partition coefficient (Wildman–Crippen LogP) is 4.57. The number of nitro groups is 1. The zero-order valence-electron chi connectivity index (χ0n) is 18.8. The molecular formula is C26H26ClN3O4. The molecule has 7 nitrogen and oxygen atoms in total. The monoisotopic (exact) mass is 479 g/mol. The normalized spacial score (nSPS) is 11.5. The van der Waals surface area contributed by atoms with E-state index in [0.717, 1.165) is 11.1 Å². The van der Waals surface area contributed by atoms with Gasteiger partial charge in [0.15, 0.2) is 0 Å². The Kier molecular flexibility index (Phi) is 8.76. The largest absolute Gasteiger partial charge is 0.355 e. The predicted molar refractivity (Wildman–Crippen MR) is 131 cm³/mol. The van der Waals surface area contributed by atoms with Crippen LogP contribution in [0.1, 0.15) is 23.6 Å². The molecule has 1 atom stereocenters. The standard InChI is InChI=1S/C26H26ClN3O4/c1-2-28-26(32)24(16-19-9-4-3-5-10-19)29(18-20-11-8-13-22(27)15-20)25(31)17-21-12-6-7-14-23(21)30(33)34/h3-15,24H,2,16-18H2,1H3,(H,28,32)/t24-/m1/s1. The molecule has 0 fully saturated rings. The van der Waals surface area contributed by atoms with Crippen molar-refractivity contribution in [1.29, 1.82) is 0 Å². The average Bonchev–Trinajstić information content (AvgIpc) is 2.82. The van der Waals surface area contributed by atoms with Crippen molar-refractivity contribution in [2.24, 2.45) is 0 Å². The van der Waals surface area contributed by atoms with E-state index in [1.807, 2.05) is 43.3 Å². The van der Waals surface area contributed by atoms with Crippen LogP contribution < -0.4 is 5.32 Å². The number of carbonyl (C=O) groups excluding carboxylic acids is 2. The molecule has 3 aromatic rings. The summed E-state index contributed by atoms with van der Waals surface area (Å²) in [5, 5.41) is 14.8. The average molecular weight is 480 g/mol. The van der Waals surface area contributed by atoms with Crippen molar-refractivity contribution in [3.8, 4) is 0 Å². The van der Waals surface area contributed by atoms with Gasteiger partial charge in [-0.2, -0.15) is 0 Å². The molecule has 0 saturated heterocycles. The van der Waals surface area contributed by atoms with Gasteiger partial charge in [0.05, 0.1) is 11.3 Å². The van der Waals surface area contributed by atoms with Gasteiger partial charge in [0, 0.05) is 36.2 Å². The lowest BCUT2D eigenvalue weighted by molar-refractivity contribution is -0.385. The molecule has 0 spiro atoms. The summed E-state index contributed by atoms with van der Waals surface area (Å²) in [5.74, 6) is -0.675. The second kappa shape index (κ2) is 12.0. The van der Waals surface area contributed by atoms with Gasteiger partial charge in [-0.3, -0.25) is 19.7 Å². The fourth-order valence-corrected chi connectivity index (χ4v) is 3.99. The van der Waals surface area contributed by atoms with Crippen molar-refractivity contribution in [2.75, 3.05) is 6.54 Å². The molecule has 2 amide bonds. The second-order valence-electron chi connectivity index (χ2n) is 7.81. The molecule has 3 aromatic carbocycles. The molecule has 0 radical (unpaired) electrons. The van der Waals surface area contributed by atoms with Crippen LogP contribution in [0, 0.1) is 10.1 Å². The van der Waals surface area contributed by atoms with Gasteiger partial charge in [-0.1, -0.05) is 72.3 Å². The van der Waals surface area contributed by atoms with Crippen molar-refractivity contribution < 1.29 is 14.5 Å². The van der Waals surface area contributed by atoms with Gasteiger partial charge in [-0.15, -0.1) is 0 Å². The fraction of sp³-hybridized carbons (Fsp3) is 0.231. The van der Waals surface area contributed by atoms with E-state index in [0.29, 0.717) is 23.6 Å². The third kappa shape index (κ3) is 6.65. The number of carbonyl (C=O) groups is 2. The number of benzene rings is 3. The van der Waals surface area contributed by atoms with Gasteiger partial charge in [0.1, 0.15) is 6.04 Å². The first kappa shape index (κ1) is 24.9. The summed E-state index contributed by atoms with van der Waals surface area (Å²) in [6.45, 7) is 2.36. The Hall–Kier alpha value is -3.71. The van der Waals surface area contributed by atoms with E-state index in [-0.39, 0.29) is 30.5 Å². The first-order valence-corrected chi connectivity index (χ1v) is 11.3. The minimum Gasteiger partial charge on any atom is -0.355 e. The molecule has 0 unspecified atom stereocenters. The van der Waals surface area contributed by atoms with Gasteiger partial charge >= 0.3 is 0 Å². The SMILES string of the molecule is CCNC(=O)[C@@H](Cc1ccccc1)N(Cc1cccc(Cl)c1)C(=O)Cc1ccccc1[N+](=O)[O-]. The fourth-order valence-electron chi connectivity index (χ4n) is 3.78. The first-order chi connectivity index (χ1) is 16.4. The Labute approximate surface area is 203 Å². The molecule has 0 aromatic heterocycles. The summed E-state index contributed by atoms with van der Waals surface area (Å²) in [7, 11) is 0. The van der Waals surface area contributed by atoms with Crippen molar-refractivity contribution in [3.05, 3.63) is 111 Å². The van der Waals surface area contributed by atoms with Gasteiger partial charge in [0.2, 0.25) is 11.8 Å². The van der Waals surface area contributed by atoms with E-state index in [1.54, 1.807) is 36.4 Å². The molecule has 0 bridgehead atoms. The smallest absolute Gasteiger partial charge is 0.273 e. The highest BCUT2D eigenvalue weighted by Gasteiger charge is 2.31. The van der Waals surface area contributed by atoms with Crippen molar-refractivity contribution in [3.63, 3.8) is 0 Å². The maximum absolute atomic E-state index is 13.6. The topological polar surface area (TPSA) is 92.6 Å². The number of rotatable bonds is 10. The van der Waals surface area contributed by atoms with Crippen LogP contribution in [-0.4, -0.2) is 34.2 Å². The Morgan fingerprint density at radius 1 is 1.00 bits per heavy atom. The van der Waals surface area contributed by atoms with Crippen LogP contribution in [-0.2, 0) is 29.0 Å². The Balaban J connectivity index is 2.00. The third-order valence-electron chi connectivity index (χ3n) is 5.39. The Morgan fingerprint density at radius 2 is 1.68 bits per heavy atom.